The minimum atomic E-state index is 0.323. The molecule has 0 bridgehead atoms. The van der Waals surface area contributed by atoms with Crippen LogP contribution in [0.25, 0.3) is 0 Å². The molecular weight excluding hydrogens is 188 g/mol. The summed E-state index contributed by atoms with van der Waals surface area (Å²) in [4.78, 5) is 0. The van der Waals surface area contributed by atoms with Gasteiger partial charge in [-0.25, -0.2) is 0 Å². The number of aromatic hydroxyl groups is 1. The molecule has 0 spiro atoms. The maximum absolute atomic E-state index is 9.55. The monoisotopic (exact) mass is 206 g/mol. The van der Waals surface area contributed by atoms with Crippen LogP contribution in [0.4, 0.5) is 0 Å². The molecule has 2 nitrogen and oxygen atoms in total. The molecule has 15 heavy (non-hydrogen) atoms. The van der Waals surface area contributed by atoms with Crippen LogP contribution in [0.5, 0.6) is 11.5 Å². The van der Waals surface area contributed by atoms with Crippen LogP contribution in [0.1, 0.15) is 37.7 Å². The molecule has 82 valence electrons. The zero-order chi connectivity index (χ0) is 10.7. The summed E-state index contributed by atoms with van der Waals surface area (Å²) in [7, 11) is 0. The molecule has 0 amide bonds. The lowest BCUT2D eigenvalue weighted by molar-refractivity contribution is 0.153. The number of phenolic OH excluding ortho intramolecular Hbond substituents is 1. The average Bonchev–Trinajstić information content (AvgIpc) is 2.26. The Morgan fingerprint density at radius 2 is 1.93 bits per heavy atom. The number of hydrogen-bond donors (Lipinski definition) is 1. The van der Waals surface area contributed by atoms with E-state index in [2.05, 4.69) is 0 Å². The first-order chi connectivity index (χ1) is 7.27. The van der Waals surface area contributed by atoms with Gasteiger partial charge in [0.05, 0.1) is 6.10 Å². The first kappa shape index (κ1) is 10.3. The number of benzene rings is 1. The van der Waals surface area contributed by atoms with E-state index in [1.54, 1.807) is 6.07 Å². The van der Waals surface area contributed by atoms with E-state index in [9.17, 15) is 5.11 Å². The lowest BCUT2D eigenvalue weighted by Crippen LogP contribution is -2.19. The molecule has 0 aromatic heterocycles. The fourth-order valence-corrected chi connectivity index (χ4v) is 2.09. The normalized spacial score (nSPS) is 17.7. The molecule has 0 radical (unpaired) electrons. The van der Waals surface area contributed by atoms with E-state index in [1.165, 1.54) is 19.3 Å². The zero-order valence-electron chi connectivity index (χ0n) is 9.20. The van der Waals surface area contributed by atoms with Gasteiger partial charge >= 0.3 is 0 Å². The van der Waals surface area contributed by atoms with Gasteiger partial charge in [0, 0.05) is 5.56 Å². The molecule has 1 saturated carbocycles. The Labute approximate surface area is 90.9 Å². The molecule has 1 aliphatic carbocycles. The third kappa shape index (κ3) is 2.44. The van der Waals surface area contributed by atoms with Crippen molar-refractivity contribution in [1.82, 2.24) is 0 Å². The molecule has 1 aliphatic rings. The van der Waals surface area contributed by atoms with Gasteiger partial charge in [0.2, 0.25) is 0 Å². The maximum atomic E-state index is 9.55. The van der Waals surface area contributed by atoms with Gasteiger partial charge in [0.15, 0.2) is 0 Å². The fraction of sp³-hybridized carbons (Fsp3) is 0.538. The maximum Gasteiger partial charge on any atom is 0.126 e. The lowest BCUT2D eigenvalue weighted by atomic mass is 9.98. The van der Waals surface area contributed by atoms with E-state index in [0.29, 0.717) is 11.9 Å². The topological polar surface area (TPSA) is 29.5 Å². The minimum Gasteiger partial charge on any atom is -0.508 e. The second-order valence-corrected chi connectivity index (χ2v) is 4.28. The second kappa shape index (κ2) is 4.56. The van der Waals surface area contributed by atoms with Crippen LogP contribution in [0.15, 0.2) is 18.2 Å². The Morgan fingerprint density at radius 1 is 1.20 bits per heavy atom. The van der Waals surface area contributed by atoms with Gasteiger partial charge in [0.25, 0.3) is 0 Å². The third-order valence-corrected chi connectivity index (χ3v) is 3.10. The van der Waals surface area contributed by atoms with Gasteiger partial charge < -0.3 is 9.84 Å². The zero-order valence-corrected chi connectivity index (χ0v) is 9.20. The Balaban J connectivity index is 2.06. The van der Waals surface area contributed by atoms with E-state index < -0.39 is 0 Å². The Hall–Kier alpha value is -1.18. The van der Waals surface area contributed by atoms with Crippen LogP contribution < -0.4 is 4.74 Å². The smallest absolute Gasteiger partial charge is 0.126 e. The SMILES string of the molecule is Cc1c(O)cccc1OC1CCCCC1. The first-order valence-corrected chi connectivity index (χ1v) is 5.72. The van der Waals surface area contributed by atoms with Crippen molar-refractivity contribution in [2.45, 2.75) is 45.1 Å². The van der Waals surface area contributed by atoms with Crippen LogP contribution in [0, 0.1) is 6.92 Å². The largest absolute Gasteiger partial charge is 0.508 e. The summed E-state index contributed by atoms with van der Waals surface area (Å²) in [6.07, 6.45) is 6.51. The van der Waals surface area contributed by atoms with Crippen molar-refractivity contribution >= 4 is 0 Å². The molecule has 0 saturated heterocycles. The van der Waals surface area contributed by atoms with E-state index in [0.717, 1.165) is 24.2 Å². The Morgan fingerprint density at radius 3 is 2.67 bits per heavy atom. The average molecular weight is 206 g/mol. The summed E-state index contributed by atoms with van der Waals surface area (Å²) in [6, 6.07) is 5.47. The van der Waals surface area contributed by atoms with Crippen LogP contribution in [-0.4, -0.2) is 11.2 Å². The molecule has 0 heterocycles. The number of ether oxygens (including phenoxy) is 1. The van der Waals surface area contributed by atoms with Crippen molar-refractivity contribution in [1.29, 1.82) is 0 Å². The quantitative estimate of drug-likeness (QED) is 0.803. The van der Waals surface area contributed by atoms with E-state index in [1.807, 2.05) is 19.1 Å². The molecule has 1 aromatic rings. The number of phenols is 1. The van der Waals surface area contributed by atoms with Gasteiger partial charge in [-0.2, -0.15) is 0 Å². The highest BCUT2D eigenvalue weighted by Gasteiger charge is 2.16. The molecule has 0 unspecified atom stereocenters. The van der Waals surface area contributed by atoms with Gasteiger partial charge in [0.1, 0.15) is 11.5 Å². The van der Waals surface area contributed by atoms with Crippen molar-refractivity contribution in [2.24, 2.45) is 0 Å². The molecule has 1 fully saturated rings. The third-order valence-electron chi connectivity index (χ3n) is 3.10. The highest BCUT2D eigenvalue weighted by molar-refractivity contribution is 5.42. The Bertz CT molecular complexity index is 327. The molecule has 2 rings (SSSR count). The van der Waals surface area contributed by atoms with Gasteiger partial charge in [-0.05, 0) is 44.7 Å². The second-order valence-electron chi connectivity index (χ2n) is 4.28. The standard InChI is InChI=1S/C13H18O2/c1-10-12(14)8-5-9-13(10)15-11-6-3-2-4-7-11/h5,8-9,11,14H,2-4,6-7H2,1H3. The summed E-state index contributed by atoms with van der Waals surface area (Å²) in [5.74, 6) is 1.16. The first-order valence-electron chi connectivity index (χ1n) is 5.72. The fourth-order valence-electron chi connectivity index (χ4n) is 2.09. The van der Waals surface area contributed by atoms with E-state index >= 15 is 0 Å². The molecule has 1 aromatic carbocycles. The van der Waals surface area contributed by atoms with Crippen molar-refractivity contribution in [2.75, 3.05) is 0 Å². The van der Waals surface area contributed by atoms with Crippen LogP contribution in [-0.2, 0) is 0 Å². The predicted molar refractivity (Wildman–Crippen MR) is 60.3 cm³/mol. The Kier molecular flexibility index (Phi) is 3.14. The van der Waals surface area contributed by atoms with Gasteiger partial charge in [-0.15, -0.1) is 0 Å². The van der Waals surface area contributed by atoms with Crippen LogP contribution >= 0.6 is 0 Å². The summed E-state index contributed by atoms with van der Waals surface area (Å²) in [5.41, 5.74) is 0.850. The van der Waals surface area contributed by atoms with Crippen molar-refractivity contribution in [3.8, 4) is 11.5 Å². The van der Waals surface area contributed by atoms with Crippen molar-refractivity contribution < 1.29 is 9.84 Å². The lowest BCUT2D eigenvalue weighted by Gasteiger charge is -2.24. The van der Waals surface area contributed by atoms with E-state index in [-0.39, 0.29) is 0 Å². The molecule has 0 atom stereocenters. The van der Waals surface area contributed by atoms with Gasteiger partial charge in [-0.3, -0.25) is 0 Å². The highest BCUT2D eigenvalue weighted by atomic mass is 16.5. The van der Waals surface area contributed by atoms with E-state index in [4.69, 9.17) is 4.74 Å². The van der Waals surface area contributed by atoms with Crippen LogP contribution in [0.3, 0.4) is 0 Å². The molecule has 2 heteroatoms. The summed E-state index contributed by atoms with van der Waals surface area (Å²) >= 11 is 0. The summed E-state index contributed by atoms with van der Waals surface area (Å²) in [5, 5.41) is 9.55. The predicted octanol–water partition coefficient (Wildman–Crippen LogP) is 3.41. The molecular formula is C13H18O2. The summed E-state index contributed by atoms with van der Waals surface area (Å²) in [6.45, 7) is 1.90. The van der Waals surface area contributed by atoms with Crippen molar-refractivity contribution in [3.05, 3.63) is 23.8 Å². The molecule has 0 aliphatic heterocycles. The van der Waals surface area contributed by atoms with Crippen molar-refractivity contribution in [3.63, 3.8) is 0 Å². The number of hydrogen-bond acceptors (Lipinski definition) is 2. The highest BCUT2D eigenvalue weighted by Crippen LogP contribution is 2.29. The van der Waals surface area contributed by atoms with Gasteiger partial charge in [-0.1, -0.05) is 12.5 Å². The van der Waals surface area contributed by atoms with Crippen LogP contribution in [0.2, 0.25) is 0 Å². The molecule has 1 N–H and O–H groups in total. The number of rotatable bonds is 2. The minimum absolute atomic E-state index is 0.323. The summed E-state index contributed by atoms with van der Waals surface area (Å²) < 4.78 is 5.91.